The van der Waals surface area contributed by atoms with Gasteiger partial charge in [-0.1, -0.05) is 6.92 Å². The third-order valence-corrected chi connectivity index (χ3v) is 3.09. The number of rotatable bonds is 5. The number of aromatic nitrogens is 1. The molecule has 0 aliphatic carbocycles. The topological polar surface area (TPSA) is 62.2 Å². The van der Waals surface area contributed by atoms with E-state index in [9.17, 15) is 4.79 Å². The van der Waals surface area contributed by atoms with Crippen molar-refractivity contribution in [2.75, 3.05) is 11.9 Å². The van der Waals surface area contributed by atoms with Gasteiger partial charge in [-0.2, -0.15) is 0 Å². The van der Waals surface area contributed by atoms with Crippen molar-refractivity contribution in [2.45, 2.75) is 20.3 Å². The second kappa shape index (κ2) is 4.41. The highest BCUT2D eigenvalue weighted by molar-refractivity contribution is 7.13. The molecule has 0 aliphatic rings. The Morgan fingerprint density at radius 2 is 2.50 bits per heavy atom. The molecule has 14 heavy (non-hydrogen) atoms. The van der Waals surface area contributed by atoms with Crippen molar-refractivity contribution in [3.63, 3.8) is 0 Å². The number of hydrogen-bond donors (Lipinski definition) is 2. The number of aliphatic carboxylic acids is 1. The maximum atomic E-state index is 11.0. The molecule has 78 valence electrons. The fraction of sp³-hybridized carbons (Fsp3) is 0.556. The average Bonchev–Trinajstić information content (AvgIpc) is 2.66. The first-order chi connectivity index (χ1) is 6.58. The summed E-state index contributed by atoms with van der Waals surface area (Å²) in [7, 11) is 0. The Morgan fingerprint density at radius 3 is 2.93 bits per heavy atom. The third kappa shape index (κ3) is 2.45. The fourth-order valence-corrected chi connectivity index (χ4v) is 1.46. The van der Waals surface area contributed by atoms with Gasteiger partial charge in [0.1, 0.15) is 0 Å². The summed E-state index contributed by atoms with van der Waals surface area (Å²) in [4.78, 5) is 15.0. The summed E-state index contributed by atoms with van der Waals surface area (Å²) in [6, 6.07) is 0. The minimum Gasteiger partial charge on any atom is -0.481 e. The highest BCUT2D eigenvalue weighted by atomic mass is 32.1. The van der Waals surface area contributed by atoms with E-state index in [2.05, 4.69) is 10.3 Å². The lowest BCUT2D eigenvalue weighted by Crippen LogP contribution is -2.34. The summed E-state index contributed by atoms with van der Waals surface area (Å²) < 4.78 is 0. The molecule has 0 fully saturated rings. The van der Waals surface area contributed by atoms with Crippen LogP contribution in [0.4, 0.5) is 5.13 Å². The highest BCUT2D eigenvalue weighted by Crippen LogP contribution is 2.22. The van der Waals surface area contributed by atoms with E-state index in [1.165, 1.54) is 11.3 Å². The summed E-state index contributed by atoms with van der Waals surface area (Å²) in [5.74, 6) is -0.774. The van der Waals surface area contributed by atoms with E-state index >= 15 is 0 Å². The predicted octanol–water partition coefficient (Wildman–Crippen LogP) is 2.06. The van der Waals surface area contributed by atoms with Gasteiger partial charge in [0, 0.05) is 18.1 Å². The number of carbonyl (C=O) groups is 1. The van der Waals surface area contributed by atoms with Crippen LogP contribution in [0, 0.1) is 5.41 Å². The van der Waals surface area contributed by atoms with Gasteiger partial charge < -0.3 is 10.4 Å². The summed E-state index contributed by atoms with van der Waals surface area (Å²) in [5.41, 5.74) is -0.717. The van der Waals surface area contributed by atoms with Crippen molar-refractivity contribution >= 4 is 22.4 Å². The molecule has 4 nitrogen and oxygen atoms in total. The highest BCUT2D eigenvalue weighted by Gasteiger charge is 2.30. The molecule has 1 unspecified atom stereocenters. The number of hydrogen-bond acceptors (Lipinski definition) is 4. The number of nitrogens with zero attached hydrogens (tertiary/aromatic N) is 1. The molecule has 0 radical (unpaired) electrons. The predicted molar refractivity (Wildman–Crippen MR) is 56.6 cm³/mol. The first-order valence-corrected chi connectivity index (χ1v) is 5.33. The van der Waals surface area contributed by atoms with Gasteiger partial charge in [-0.15, -0.1) is 11.3 Å². The van der Waals surface area contributed by atoms with Crippen LogP contribution in [0.2, 0.25) is 0 Å². The van der Waals surface area contributed by atoms with Crippen molar-refractivity contribution in [3.05, 3.63) is 11.6 Å². The summed E-state index contributed by atoms with van der Waals surface area (Å²) in [6.07, 6.45) is 2.29. The number of carboxylic acids is 1. The summed E-state index contributed by atoms with van der Waals surface area (Å²) >= 11 is 1.47. The van der Waals surface area contributed by atoms with E-state index < -0.39 is 11.4 Å². The third-order valence-electron chi connectivity index (χ3n) is 2.36. The molecule has 0 amide bonds. The Balaban J connectivity index is 2.54. The van der Waals surface area contributed by atoms with Crippen molar-refractivity contribution in [1.82, 2.24) is 4.98 Å². The molecule has 1 heterocycles. The maximum absolute atomic E-state index is 11.0. The Morgan fingerprint density at radius 1 is 1.79 bits per heavy atom. The van der Waals surface area contributed by atoms with Gasteiger partial charge in [0.05, 0.1) is 5.41 Å². The molecule has 5 heteroatoms. The second-order valence-electron chi connectivity index (χ2n) is 3.41. The minimum absolute atomic E-state index is 0.409. The first-order valence-electron chi connectivity index (χ1n) is 4.45. The minimum atomic E-state index is -0.774. The van der Waals surface area contributed by atoms with Gasteiger partial charge in [-0.25, -0.2) is 4.98 Å². The zero-order chi connectivity index (χ0) is 10.6. The molecule has 0 bridgehead atoms. The van der Waals surface area contributed by atoms with Gasteiger partial charge in [-0.3, -0.25) is 4.79 Å². The Kier molecular flexibility index (Phi) is 3.46. The van der Waals surface area contributed by atoms with Gasteiger partial charge in [0.25, 0.3) is 0 Å². The van der Waals surface area contributed by atoms with Gasteiger partial charge in [-0.05, 0) is 13.3 Å². The normalized spacial score (nSPS) is 14.7. The molecule has 0 aliphatic heterocycles. The summed E-state index contributed by atoms with van der Waals surface area (Å²) in [6.45, 7) is 4.01. The van der Waals surface area contributed by atoms with Crippen LogP contribution in [0.1, 0.15) is 20.3 Å². The number of carboxylic acid groups (broad SMARTS) is 1. The Bertz CT molecular complexity index is 300. The molecule has 1 rings (SSSR count). The monoisotopic (exact) mass is 214 g/mol. The Labute approximate surface area is 87.0 Å². The lowest BCUT2D eigenvalue weighted by Gasteiger charge is -2.22. The first kappa shape index (κ1) is 11.0. The molecular formula is C9H14N2O2S. The number of anilines is 1. The SMILES string of the molecule is CCC(C)(CNc1nccs1)C(=O)O. The largest absolute Gasteiger partial charge is 0.481 e. The molecule has 1 aromatic rings. The van der Waals surface area contributed by atoms with E-state index in [0.717, 1.165) is 5.13 Å². The van der Waals surface area contributed by atoms with Crippen LogP contribution < -0.4 is 5.32 Å². The van der Waals surface area contributed by atoms with Crippen molar-refractivity contribution in [3.8, 4) is 0 Å². The van der Waals surface area contributed by atoms with E-state index in [1.807, 2.05) is 12.3 Å². The van der Waals surface area contributed by atoms with E-state index in [-0.39, 0.29) is 0 Å². The van der Waals surface area contributed by atoms with Crippen LogP contribution in [0.3, 0.4) is 0 Å². The fourth-order valence-electron chi connectivity index (χ4n) is 0.933. The van der Waals surface area contributed by atoms with Crippen LogP contribution in [0.25, 0.3) is 0 Å². The molecule has 2 N–H and O–H groups in total. The molecule has 0 aromatic carbocycles. The van der Waals surface area contributed by atoms with E-state index in [1.54, 1.807) is 13.1 Å². The lowest BCUT2D eigenvalue weighted by molar-refractivity contribution is -0.147. The molecule has 0 saturated heterocycles. The van der Waals surface area contributed by atoms with Crippen LogP contribution in [-0.4, -0.2) is 22.6 Å². The Hall–Kier alpha value is -1.10. The standard InChI is InChI=1S/C9H14N2O2S/c1-3-9(2,7(12)13)6-11-8-10-4-5-14-8/h4-5H,3,6H2,1-2H3,(H,10,11)(H,12,13). The van der Waals surface area contributed by atoms with Crippen LogP contribution >= 0.6 is 11.3 Å². The smallest absolute Gasteiger partial charge is 0.311 e. The quantitative estimate of drug-likeness (QED) is 0.787. The van der Waals surface area contributed by atoms with E-state index in [0.29, 0.717) is 13.0 Å². The molecule has 1 aromatic heterocycles. The molecular weight excluding hydrogens is 200 g/mol. The molecule has 0 spiro atoms. The average molecular weight is 214 g/mol. The molecule has 1 atom stereocenters. The zero-order valence-electron chi connectivity index (χ0n) is 8.28. The number of thiazole rings is 1. The number of nitrogens with one attached hydrogen (secondary N) is 1. The van der Waals surface area contributed by atoms with Crippen molar-refractivity contribution in [1.29, 1.82) is 0 Å². The van der Waals surface area contributed by atoms with Crippen molar-refractivity contribution in [2.24, 2.45) is 5.41 Å². The second-order valence-corrected chi connectivity index (χ2v) is 4.30. The van der Waals surface area contributed by atoms with Gasteiger partial charge in [0.2, 0.25) is 0 Å². The molecule has 0 saturated carbocycles. The van der Waals surface area contributed by atoms with Crippen LogP contribution in [-0.2, 0) is 4.79 Å². The van der Waals surface area contributed by atoms with Gasteiger partial charge in [0.15, 0.2) is 5.13 Å². The lowest BCUT2D eigenvalue weighted by atomic mass is 9.88. The van der Waals surface area contributed by atoms with E-state index in [4.69, 9.17) is 5.11 Å². The van der Waals surface area contributed by atoms with Crippen LogP contribution in [0.5, 0.6) is 0 Å². The van der Waals surface area contributed by atoms with Crippen LogP contribution in [0.15, 0.2) is 11.6 Å². The maximum Gasteiger partial charge on any atom is 0.311 e. The van der Waals surface area contributed by atoms with Gasteiger partial charge >= 0.3 is 5.97 Å². The van der Waals surface area contributed by atoms with Crippen molar-refractivity contribution < 1.29 is 9.90 Å². The zero-order valence-corrected chi connectivity index (χ0v) is 9.10. The summed E-state index contributed by atoms with van der Waals surface area (Å²) in [5, 5.41) is 14.7.